The molecule has 0 aromatic carbocycles. The van der Waals surface area contributed by atoms with Crippen LogP contribution in [0.25, 0.3) is 0 Å². The molecule has 1 unspecified atom stereocenters. The van der Waals surface area contributed by atoms with E-state index in [1.165, 1.54) is 0 Å². The molecule has 0 saturated heterocycles. The quantitative estimate of drug-likeness (QED) is 0.518. The third-order valence-corrected chi connectivity index (χ3v) is 2.32. The lowest BCUT2D eigenvalue weighted by molar-refractivity contribution is 0.581. The van der Waals surface area contributed by atoms with Crippen LogP contribution in [0.4, 0.5) is 0 Å². The highest BCUT2D eigenvalue weighted by Gasteiger charge is 2.26. The minimum absolute atomic E-state index is 0.155. The molecule has 0 fully saturated rings. The molecule has 0 saturated carbocycles. The fraction of sp³-hybridized carbons (Fsp3) is 0.750. The number of amidine groups is 1. The molecule has 0 aromatic heterocycles. The molecule has 0 bridgehead atoms. The summed E-state index contributed by atoms with van der Waals surface area (Å²) in [4.78, 5) is 0. The predicted octanol–water partition coefficient (Wildman–Crippen LogP) is -1.03. The summed E-state index contributed by atoms with van der Waals surface area (Å²) in [6, 6.07) is -0.301. The van der Waals surface area contributed by atoms with Crippen LogP contribution < -0.4 is 10.5 Å². The van der Waals surface area contributed by atoms with Crippen LogP contribution >= 0.6 is 0 Å². The summed E-state index contributed by atoms with van der Waals surface area (Å²) < 4.78 is 26.8. The number of nitrogens with two attached hydrogens (primary N) is 1. The zero-order chi connectivity index (χ0) is 7.78. The predicted molar refractivity (Wildman–Crippen MR) is 37.8 cm³/mol. The Bertz CT molecular complexity index is 256. The lowest BCUT2D eigenvalue weighted by Gasteiger charge is -2.02. The van der Waals surface area contributed by atoms with E-state index in [0.717, 1.165) is 0 Å². The Morgan fingerprint density at radius 1 is 1.80 bits per heavy atom. The molecule has 3 N–H and O–H groups in total. The van der Waals surface area contributed by atoms with E-state index in [-0.39, 0.29) is 11.9 Å². The van der Waals surface area contributed by atoms with Crippen LogP contribution in [0.5, 0.6) is 0 Å². The molecule has 0 spiro atoms. The van der Waals surface area contributed by atoms with Crippen LogP contribution in [0.2, 0.25) is 0 Å². The number of hydrogen-bond donors (Lipinski definition) is 2. The summed E-state index contributed by atoms with van der Waals surface area (Å²) in [7, 11) is -3.44. The van der Waals surface area contributed by atoms with Gasteiger partial charge in [-0.1, -0.05) is 6.92 Å². The lowest BCUT2D eigenvalue weighted by Crippen LogP contribution is -2.35. The SMILES string of the molecule is CCC1NS(=O)(=O)N=C1N. The Balaban J connectivity index is 2.89. The van der Waals surface area contributed by atoms with Crippen LogP contribution in [0.1, 0.15) is 13.3 Å². The van der Waals surface area contributed by atoms with Gasteiger partial charge in [-0.2, -0.15) is 13.1 Å². The smallest absolute Gasteiger partial charge is 0.322 e. The van der Waals surface area contributed by atoms with Crippen LogP contribution in [0.3, 0.4) is 0 Å². The van der Waals surface area contributed by atoms with Crippen LogP contribution in [-0.4, -0.2) is 20.3 Å². The van der Waals surface area contributed by atoms with Gasteiger partial charge in [-0.3, -0.25) is 0 Å². The topological polar surface area (TPSA) is 84.5 Å². The van der Waals surface area contributed by atoms with Gasteiger partial charge in [-0.25, -0.2) is 0 Å². The molecular weight excluding hydrogens is 154 g/mol. The van der Waals surface area contributed by atoms with E-state index in [1.807, 2.05) is 6.92 Å². The minimum atomic E-state index is -3.44. The maximum atomic E-state index is 10.6. The van der Waals surface area contributed by atoms with Gasteiger partial charge in [-0.05, 0) is 6.42 Å². The Hall–Kier alpha value is -0.620. The van der Waals surface area contributed by atoms with Gasteiger partial charge in [0, 0.05) is 0 Å². The number of nitrogens with zero attached hydrogens (tertiary/aromatic N) is 1. The first-order valence-corrected chi connectivity index (χ1v) is 4.37. The molecule has 1 rings (SSSR count). The van der Waals surface area contributed by atoms with Crippen molar-refractivity contribution in [3.63, 3.8) is 0 Å². The molecule has 0 aliphatic carbocycles. The second-order valence-corrected chi connectivity index (χ2v) is 3.44. The summed E-state index contributed by atoms with van der Waals surface area (Å²) >= 11 is 0. The summed E-state index contributed by atoms with van der Waals surface area (Å²) in [6.07, 6.45) is 0.633. The Labute approximate surface area is 59.5 Å². The fourth-order valence-corrected chi connectivity index (χ4v) is 1.87. The van der Waals surface area contributed by atoms with E-state index in [1.54, 1.807) is 0 Å². The van der Waals surface area contributed by atoms with Crippen LogP contribution in [-0.2, 0) is 10.2 Å². The molecule has 1 aliphatic heterocycles. The van der Waals surface area contributed by atoms with Gasteiger partial charge >= 0.3 is 10.2 Å². The van der Waals surface area contributed by atoms with E-state index >= 15 is 0 Å². The van der Waals surface area contributed by atoms with Crippen molar-refractivity contribution < 1.29 is 8.42 Å². The summed E-state index contributed by atoms with van der Waals surface area (Å²) in [6.45, 7) is 1.83. The molecular formula is C4H9N3O2S. The van der Waals surface area contributed by atoms with Crippen molar-refractivity contribution in [3.8, 4) is 0 Å². The lowest BCUT2D eigenvalue weighted by atomic mass is 10.2. The van der Waals surface area contributed by atoms with Crippen molar-refractivity contribution in [2.24, 2.45) is 10.1 Å². The first-order chi connectivity index (χ1) is 4.55. The molecule has 0 aromatic rings. The normalized spacial score (nSPS) is 30.1. The average molecular weight is 163 g/mol. The number of nitrogens with one attached hydrogen (secondary N) is 1. The van der Waals surface area contributed by atoms with E-state index in [9.17, 15) is 8.42 Å². The minimum Gasteiger partial charge on any atom is -0.385 e. The fourth-order valence-electron chi connectivity index (χ4n) is 0.761. The summed E-state index contributed by atoms with van der Waals surface area (Å²) in [5.74, 6) is 0.155. The van der Waals surface area contributed by atoms with E-state index in [2.05, 4.69) is 9.12 Å². The summed E-state index contributed by atoms with van der Waals surface area (Å²) in [5.41, 5.74) is 5.27. The van der Waals surface area contributed by atoms with Crippen molar-refractivity contribution in [2.45, 2.75) is 19.4 Å². The van der Waals surface area contributed by atoms with Crippen molar-refractivity contribution in [3.05, 3.63) is 0 Å². The van der Waals surface area contributed by atoms with Gasteiger partial charge < -0.3 is 5.73 Å². The van der Waals surface area contributed by atoms with Crippen molar-refractivity contribution in [1.82, 2.24) is 4.72 Å². The van der Waals surface area contributed by atoms with Crippen LogP contribution in [0.15, 0.2) is 4.40 Å². The standard InChI is InChI=1S/C4H9N3O2S/c1-2-3-4(5)7-10(8,9)6-3/h3,6H,2H2,1H3,(H2,5,7). The van der Waals surface area contributed by atoms with Gasteiger partial charge in [-0.15, -0.1) is 4.40 Å². The maximum absolute atomic E-state index is 10.6. The largest absolute Gasteiger partial charge is 0.385 e. The van der Waals surface area contributed by atoms with Gasteiger partial charge in [0.1, 0.15) is 5.84 Å². The zero-order valence-electron chi connectivity index (χ0n) is 5.53. The van der Waals surface area contributed by atoms with Crippen molar-refractivity contribution >= 4 is 16.0 Å². The summed E-state index contributed by atoms with van der Waals surface area (Å²) in [5, 5.41) is 0. The van der Waals surface area contributed by atoms with Gasteiger partial charge in [0.15, 0.2) is 0 Å². The molecule has 0 radical (unpaired) electrons. The Morgan fingerprint density at radius 3 is 2.60 bits per heavy atom. The maximum Gasteiger partial charge on any atom is 0.322 e. The molecule has 10 heavy (non-hydrogen) atoms. The first-order valence-electron chi connectivity index (χ1n) is 2.93. The Morgan fingerprint density at radius 2 is 2.40 bits per heavy atom. The highest BCUT2D eigenvalue weighted by molar-refractivity contribution is 7.88. The Kier molecular flexibility index (Phi) is 1.65. The van der Waals surface area contributed by atoms with Crippen molar-refractivity contribution in [2.75, 3.05) is 0 Å². The first kappa shape index (κ1) is 7.49. The van der Waals surface area contributed by atoms with E-state index in [4.69, 9.17) is 5.73 Å². The van der Waals surface area contributed by atoms with E-state index < -0.39 is 10.2 Å². The highest BCUT2D eigenvalue weighted by atomic mass is 32.2. The molecule has 1 atom stereocenters. The van der Waals surface area contributed by atoms with Gasteiger partial charge in [0.25, 0.3) is 0 Å². The molecule has 0 amide bonds. The monoisotopic (exact) mass is 163 g/mol. The third kappa shape index (κ3) is 1.27. The molecule has 1 heterocycles. The molecule has 6 heteroatoms. The van der Waals surface area contributed by atoms with Gasteiger partial charge in [0.05, 0.1) is 6.04 Å². The molecule has 58 valence electrons. The highest BCUT2D eigenvalue weighted by Crippen LogP contribution is 2.04. The van der Waals surface area contributed by atoms with E-state index in [0.29, 0.717) is 6.42 Å². The average Bonchev–Trinajstić information content (AvgIpc) is 2.05. The second kappa shape index (κ2) is 2.21. The van der Waals surface area contributed by atoms with Crippen LogP contribution in [0, 0.1) is 0 Å². The third-order valence-electron chi connectivity index (χ3n) is 1.28. The number of rotatable bonds is 1. The molecule has 5 nitrogen and oxygen atoms in total. The second-order valence-electron chi connectivity index (χ2n) is 2.07. The number of hydrogen-bond acceptors (Lipinski definition) is 3. The molecule has 1 aliphatic rings. The zero-order valence-corrected chi connectivity index (χ0v) is 6.35. The van der Waals surface area contributed by atoms with Crippen molar-refractivity contribution in [1.29, 1.82) is 0 Å². The van der Waals surface area contributed by atoms with Gasteiger partial charge in [0.2, 0.25) is 0 Å².